The van der Waals surface area contributed by atoms with Gasteiger partial charge in [-0.2, -0.15) is 17.7 Å². The first kappa shape index (κ1) is 23.0. The third-order valence-corrected chi connectivity index (χ3v) is 6.51. The fraction of sp³-hybridized carbons (Fsp3) is 0.696. The minimum Gasteiger partial charge on any atom is -0.420 e. The summed E-state index contributed by atoms with van der Waals surface area (Å²) < 4.78 is 6.26. The number of ketones is 1. The molecular weight excluding hydrogens is 411 g/mol. The summed E-state index contributed by atoms with van der Waals surface area (Å²) in [6.45, 7) is 7.38. The molecule has 0 aliphatic heterocycles. The zero-order valence-electron chi connectivity index (χ0n) is 17.2. The average Bonchev–Trinajstić information content (AvgIpc) is 2.98. The third kappa shape index (κ3) is 6.37. The number of hydrogen-bond donors (Lipinski definition) is 1. The van der Waals surface area contributed by atoms with Crippen molar-refractivity contribution in [1.82, 2.24) is 0 Å². The predicted octanol–water partition coefficient (Wildman–Crippen LogP) is 4.74. The van der Waals surface area contributed by atoms with Crippen LogP contribution < -0.4 is 5.73 Å². The quantitative estimate of drug-likeness (QED) is 0.508. The standard InChI is InChI=1S/C23H34NO2.Y/c1-15-4-8-21(9-5-15)26-14-19-10-16(2)11-22(19)23(25)13-18-6-7-20(24)12-17(18)3;/h6,12,15-16,19,21-22H,4-5,8-11,13-14,24H2,1-3H3;/q-1;/t15?,16-,19-,21?,22?;/m0./s1. The normalized spacial score (nSPS) is 30.7. The van der Waals surface area contributed by atoms with Crippen molar-refractivity contribution in [3.8, 4) is 0 Å². The Bertz CT molecular complexity index is 625. The van der Waals surface area contributed by atoms with E-state index in [1.54, 1.807) is 0 Å². The minimum absolute atomic E-state index is 0. The van der Waals surface area contributed by atoms with Crippen molar-refractivity contribution in [3.63, 3.8) is 0 Å². The second-order valence-electron chi connectivity index (χ2n) is 8.90. The molecule has 1 unspecified atom stereocenters. The average molecular weight is 445 g/mol. The molecule has 1 aromatic rings. The number of ether oxygens (including phenoxy) is 1. The van der Waals surface area contributed by atoms with E-state index in [4.69, 9.17) is 10.5 Å². The summed E-state index contributed by atoms with van der Waals surface area (Å²) in [6, 6.07) is 6.82. The van der Waals surface area contributed by atoms with Crippen molar-refractivity contribution in [2.45, 2.75) is 71.8 Å². The topological polar surface area (TPSA) is 52.3 Å². The van der Waals surface area contributed by atoms with Crippen molar-refractivity contribution in [1.29, 1.82) is 0 Å². The fourth-order valence-electron chi connectivity index (χ4n) is 4.80. The molecule has 2 N–H and O–H groups in total. The Hall–Kier alpha value is -0.246. The summed E-state index contributed by atoms with van der Waals surface area (Å²) >= 11 is 0. The van der Waals surface area contributed by atoms with Crippen LogP contribution in [-0.4, -0.2) is 18.5 Å². The maximum absolute atomic E-state index is 13.0. The number of Topliss-reactive ketones (excluding diaryl/α,β-unsaturated/α-hetero) is 1. The molecule has 3 rings (SSSR count). The van der Waals surface area contributed by atoms with Gasteiger partial charge in [0, 0.05) is 38.6 Å². The number of carbonyl (C=O) groups is 1. The van der Waals surface area contributed by atoms with Crippen LogP contribution in [0.4, 0.5) is 5.69 Å². The first-order valence-corrected chi connectivity index (χ1v) is 10.3. The summed E-state index contributed by atoms with van der Waals surface area (Å²) in [7, 11) is 0. The van der Waals surface area contributed by atoms with Crippen LogP contribution >= 0.6 is 0 Å². The van der Waals surface area contributed by atoms with Gasteiger partial charge in [0.05, 0.1) is 12.7 Å². The van der Waals surface area contributed by atoms with E-state index < -0.39 is 0 Å². The molecule has 0 saturated heterocycles. The summed E-state index contributed by atoms with van der Waals surface area (Å²) in [5.74, 6) is 2.35. The number of nitrogen functional groups attached to an aromatic ring is 1. The Morgan fingerprint density at radius 1 is 1.19 bits per heavy atom. The zero-order chi connectivity index (χ0) is 18.7. The van der Waals surface area contributed by atoms with Crippen molar-refractivity contribution >= 4 is 11.5 Å². The van der Waals surface area contributed by atoms with Crippen molar-refractivity contribution < 1.29 is 42.2 Å². The van der Waals surface area contributed by atoms with E-state index in [-0.39, 0.29) is 38.6 Å². The van der Waals surface area contributed by atoms with Gasteiger partial charge in [0.1, 0.15) is 5.78 Å². The number of nitrogens with two attached hydrogens (primary N) is 1. The molecular formula is C23H34NO2Y-. The molecule has 0 amide bonds. The van der Waals surface area contributed by atoms with Gasteiger partial charge in [0.15, 0.2) is 0 Å². The summed E-state index contributed by atoms with van der Waals surface area (Å²) in [6.07, 6.45) is 7.95. The second kappa shape index (κ2) is 10.5. The van der Waals surface area contributed by atoms with E-state index in [0.717, 1.165) is 36.5 Å². The molecule has 3 atom stereocenters. The van der Waals surface area contributed by atoms with E-state index in [1.165, 1.54) is 25.7 Å². The SMILES string of the molecule is Cc1cc(N)[c-]cc1CC(=O)C1C[C@@H](C)C[C@H]1COC1CCC(C)CC1.[Y]. The molecule has 3 nitrogen and oxygen atoms in total. The largest absolute Gasteiger partial charge is 0.420 e. The van der Waals surface area contributed by atoms with Gasteiger partial charge in [0.25, 0.3) is 0 Å². The molecule has 1 radical (unpaired) electrons. The van der Waals surface area contributed by atoms with Gasteiger partial charge in [-0.15, -0.1) is 11.6 Å². The van der Waals surface area contributed by atoms with Crippen LogP contribution in [0.2, 0.25) is 0 Å². The van der Waals surface area contributed by atoms with Crippen LogP contribution in [-0.2, 0) is 48.7 Å². The van der Waals surface area contributed by atoms with Crippen LogP contribution in [0.1, 0.15) is 63.5 Å². The van der Waals surface area contributed by atoms with Crippen molar-refractivity contribution in [2.75, 3.05) is 12.3 Å². The molecule has 2 fully saturated rings. The van der Waals surface area contributed by atoms with Gasteiger partial charge in [-0.05, 0) is 62.7 Å². The Balaban J connectivity index is 0.00000261. The van der Waals surface area contributed by atoms with Crippen LogP contribution in [0.15, 0.2) is 12.1 Å². The van der Waals surface area contributed by atoms with E-state index in [1.807, 2.05) is 19.1 Å². The van der Waals surface area contributed by atoms with Crippen LogP contribution in [0.3, 0.4) is 0 Å². The molecule has 27 heavy (non-hydrogen) atoms. The number of rotatable bonds is 6. The van der Waals surface area contributed by atoms with Gasteiger partial charge in [-0.1, -0.05) is 26.5 Å². The predicted molar refractivity (Wildman–Crippen MR) is 106 cm³/mol. The number of benzene rings is 1. The van der Waals surface area contributed by atoms with E-state index in [9.17, 15) is 4.79 Å². The molecule has 2 aliphatic carbocycles. The molecule has 1 aromatic carbocycles. The van der Waals surface area contributed by atoms with E-state index >= 15 is 0 Å². The molecule has 0 heterocycles. The monoisotopic (exact) mass is 445 g/mol. The maximum atomic E-state index is 13.0. The molecule has 4 heteroatoms. The Morgan fingerprint density at radius 2 is 1.89 bits per heavy atom. The van der Waals surface area contributed by atoms with Crippen molar-refractivity contribution in [2.24, 2.45) is 23.7 Å². The second-order valence-corrected chi connectivity index (χ2v) is 8.90. The van der Waals surface area contributed by atoms with Crippen LogP contribution in [0, 0.1) is 36.7 Å². The minimum atomic E-state index is 0. The number of carbonyl (C=O) groups excluding carboxylic acids is 1. The molecule has 0 bridgehead atoms. The molecule has 147 valence electrons. The first-order chi connectivity index (χ1) is 12.4. The fourth-order valence-corrected chi connectivity index (χ4v) is 4.80. The van der Waals surface area contributed by atoms with Crippen LogP contribution in [0.5, 0.6) is 0 Å². The summed E-state index contributed by atoms with van der Waals surface area (Å²) in [4.78, 5) is 13.0. The number of hydrogen-bond acceptors (Lipinski definition) is 3. The van der Waals surface area contributed by atoms with Gasteiger partial charge < -0.3 is 15.3 Å². The number of anilines is 1. The Labute approximate surface area is 190 Å². The van der Waals surface area contributed by atoms with Gasteiger partial charge >= 0.3 is 0 Å². The summed E-state index contributed by atoms with van der Waals surface area (Å²) in [5, 5.41) is 0. The van der Waals surface area contributed by atoms with Crippen molar-refractivity contribution in [3.05, 3.63) is 29.3 Å². The first-order valence-electron chi connectivity index (χ1n) is 10.3. The van der Waals surface area contributed by atoms with Crippen LogP contribution in [0.25, 0.3) is 0 Å². The van der Waals surface area contributed by atoms with Gasteiger partial charge in [0.2, 0.25) is 0 Å². The maximum Gasteiger partial charge on any atom is 0.129 e. The molecule has 2 saturated carbocycles. The van der Waals surface area contributed by atoms with E-state index in [0.29, 0.717) is 35.8 Å². The molecule has 2 aliphatic rings. The van der Waals surface area contributed by atoms with Gasteiger partial charge in [-0.3, -0.25) is 0 Å². The Morgan fingerprint density at radius 3 is 2.56 bits per heavy atom. The van der Waals surface area contributed by atoms with Gasteiger partial charge in [-0.25, -0.2) is 0 Å². The van der Waals surface area contributed by atoms with E-state index in [2.05, 4.69) is 19.9 Å². The molecule has 0 spiro atoms. The number of aryl methyl sites for hydroxylation is 1. The Kier molecular flexibility index (Phi) is 8.97. The smallest absolute Gasteiger partial charge is 0.129 e. The molecule has 0 aromatic heterocycles. The third-order valence-electron chi connectivity index (χ3n) is 6.51. The summed E-state index contributed by atoms with van der Waals surface area (Å²) in [5.41, 5.74) is 8.57. The zero-order valence-corrected chi connectivity index (χ0v) is 20.0.